The van der Waals surface area contributed by atoms with Gasteiger partial charge in [-0.1, -0.05) is 60.7 Å². The minimum Gasteiger partial charge on any atom is -0.699 e. The van der Waals surface area contributed by atoms with Gasteiger partial charge in [-0.05, 0) is 6.92 Å². The standard InChI is InChI=1S/C13H12N2.2C4H8O4.C2H6O2.2Ru/c1-3-7-12(8-4-1)14-11-15-13-9-5-2-6-10-13;2*5-3(6)1-2-4(7)8;1-2(3)4;;/h1-10H,11H2;2*3,5-6H,1-2H2,(H,7,8);2-4H,1H3;;/q-2;;;;2*+1. The molecule has 212 valence electrons. The average molecular weight is 701 g/mol. The molecule has 8 N–H and O–H groups in total. The van der Waals surface area contributed by atoms with Gasteiger partial charge in [0.2, 0.25) is 0 Å². The minimum atomic E-state index is -1.49. The van der Waals surface area contributed by atoms with E-state index >= 15 is 0 Å². The largest absolute Gasteiger partial charge is 1.00 e. The summed E-state index contributed by atoms with van der Waals surface area (Å²) >= 11 is 0. The smallest absolute Gasteiger partial charge is 0.699 e. The second kappa shape index (κ2) is 28.6. The molecule has 2 aromatic rings. The number of aliphatic hydroxyl groups excluding tert-OH is 3. The molecule has 0 saturated carbocycles. The second-order valence-electron chi connectivity index (χ2n) is 6.59. The van der Waals surface area contributed by atoms with Crippen LogP contribution in [0.4, 0.5) is 11.4 Å². The molecule has 2 aromatic carbocycles. The molecular formula is C23H34N2O10Ru2. The number of hydrogen-bond acceptors (Lipinski definition) is 8. The van der Waals surface area contributed by atoms with Gasteiger partial charge in [-0.15, -0.1) is 11.4 Å². The molecule has 37 heavy (non-hydrogen) atoms. The Morgan fingerprint density at radius 1 is 0.649 bits per heavy atom. The number of aliphatic carboxylic acids is 2. The van der Waals surface area contributed by atoms with E-state index in [1.54, 1.807) is 0 Å². The predicted molar refractivity (Wildman–Crippen MR) is 128 cm³/mol. The third kappa shape index (κ3) is 38.7. The van der Waals surface area contributed by atoms with Crippen LogP contribution in [0.3, 0.4) is 0 Å². The first kappa shape index (κ1) is 42.1. The molecule has 0 saturated heterocycles. The molecule has 0 aliphatic heterocycles. The van der Waals surface area contributed by atoms with Gasteiger partial charge in [0.15, 0.2) is 12.6 Å². The van der Waals surface area contributed by atoms with Crippen molar-refractivity contribution in [2.45, 2.75) is 51.5 Å². The fourth-order valence-corrected chi connectivity index (χ4v) is 1.77. The number of carbonyl (C=O) groups is 2. The van der Waals surface area contributed by atoms with Gasteiger partial charge in [0.1, 0.15) is 6.29 Å². The van der Waals surface area contributed by atoms with Gasteiger partial charge in [0.05, 0.1) is 12.8 Å². The molecule has 2 radical (unpaired) electrons. The summed E-state index contributed by atoms with van der Waals surface area (Å²) in [6.07, 6.45) is -4.75. The maximum Gasteiger partial charge on any atom is 1.00 e. The molecule has 0 atom stereocenters. The number of nitrogens with zero attached hydrogens (tertiary/aromatic N) is 2. The Balaban J connectivity index is -0.000000215. The van der Waals surface area contributed by atoms with Crippen LogP contribution < -0.4 is 0 Å². The number of carboxylic acids is 2. The van der Waals surface area contributed by atoms with E-state index in [4.69, 9.17) is 40.9 Å². The van der Waals surface area contributed by atoms with E-state index in [1.165, 1.54) is 6.92 Å². The van der Waals surface area contributed by atoms with Gasteiger partial charge in [-0.2, -0.15) is 0 Å². The predicted octanol–water partition coefficient (Wildman–Crippen LogP) is 1.99. The second-order valence-corrected chi connectivity index (χ2v) is 6.59. The molecule has 0 unspecified atom stereocenters. The molecule has 0 aliphatic carbocycles. The number of hydrogen-bond donors (Lipinski definition) is 8. The Kier molecular flexibility index (Phi) is 32.5. The molecular weight excluding hydrogens is 666 g/mol. The third-order valence-electron chi connectivity index (χ3n) is 3.25. The molecule has 0 spiro atoms. The number of para-hydroxylation sites is 2. The Morgan fingerprint density at radius 2 is 0.919 bits per heavy atom. The van der Waals surface area contributed by atoms with Crippen LogP contribution in [0.25, 0.3) is 10.6 Å². The van der Waals surface area contributed by atoms with Gasteiger partial charge in [0.25, 0.3) is 0 Å². The molecule has 0 heterocycles. The molecule has 14 heteroatoms. The van der Waals surface area contributed by atoms with Gasteiger partial charge < -0.3 is 51.5 Å². The fourth-order valence-electron chi connectivity index (χ4n) is 1.77. The summed E-state index contributed by atoms with van der Waals surface area (Å²) in [6.45, 7) is 1.76. The zero-order valence-electron chi connectivity index (χ0n) is 20.0. The van der Waals surface area contributed by atoms with E-state index in [0.717, 1.165) is 11.4 Å². The zero-order valence-corrected chi connectivity index (χ0v) is 23.5. The number of carboxylic acid groups (broad SMARTS) is 2. The summed E-state index contributed by atoms with van der Waals surface area (Å²) in [6, 6.07) is 19.7. The van der Waals surface area contributed by atoms with Crippen LogP contribution in [0.15, 0.2) is 60.7 Å². The summed E-state index contributed by atoms with van der Waals surface area (Å²) in [7, 11) is 0. The maximum atomic E-state index is 9.68. The van der Waals surface area contributed by atoms with Crippen LogP contribution in [0.1, 0.15) is 32.6 Å². The quantitative estimate of drug-likeness (QED) is 0.133. The van der Waals surface area contributed by atoms with Crippen molar-refractivity contribution in [2.24, 2.45) is 0 Å². The van der Waals surface area contributed by atoms with Crippen molar-refractivity contribution in [2.75, 3.05) is 6.67 Å². The Hall–Kier alpha value is -2.01. The van der Waals surface area contributed by atoms with Crippen molar-refractivity contribution in [3.05, 3.63) is 71.3 Å². The van der Waals surface area contributed by atoms with E-state index in [0.29, 0.717) is 6.67 Å². The maximum absolute atomic E-state index is 9.68. The van der Waals surface area contributed by atoms with Crippen LogP contribution in [0.5, 0.6) is 0 Å². The Morgan fingerprint density at radius 3 is 1.11 bits per heavy atom. The molecule has 0 aliphatic rings. The van der Waals surface area contributed by atoms with Crippen LogP contribution in [0.2, 0.25) is 0 Å². The molecule has 0 bridgehead atoms. The fraction of sp³-hybridized carbons (Fsp3) is 0.391. The summed E-state index contributed by atoms with van der Waals surface area (Å²) in [5.41, 5.74) is 1.94. The number of benzene rings is 2. The van der Waals surface area contributed by atoms with E-state index in [9.17, 15) is 9.59 Å². The number of aliphatic hydroxyl groups is 6. The van der Waals surface area contributed by atoms with Crippen molar-refractivity contribution in [3.8, 4) is 0 Å². The van der Waals surface area contributed by atoms with E-state index in [-0.39, 0.29) is 64.6 Å². The first-order chi connectivity index (χ1) is 16.4. The van der Waals surface area contributed by atoms with Crippen molar-refractivity contribution in [1.29, 1.82) is 0 Å². The summed E-state index contributed by atoms with van der Waals surface area (Å²) in [4.78, 5) is 19.4. The minimum absolute atomic E-state index is 0. The van der Waals surface area contributed by atoms with Crippen LogP contribution in [0, 0.1) is 0 Å². The zero-order chi connectivity index (χ0) is 27.1. The van der Waals surface area contributed by atoms with E-state index < -0.39 is 30.8 Å². The average Bonchev–Trinajstić information content (AvgIpc) is 2.78. The van der Waals surface area contributed by atoms with Crippen LogP contribution >= 0.6 is 0 Å². The topological polar surface area (TPSA) is 224 Å². The molecule has 2 rings (SSSR count). The normalized spacial score (nSPS) is 9.14. The monoisotopic (exact) mass is 702 g/mol. The SMILES string of the molecule is CC(O)O.O=C(O)CCC(O)O.O=C(O)CCC(O)O.[Ru+].[Ru+].c1ccc([N-]C[N-]c2ccccc2)cc1. The molecule has 0 amide bonds. The van der Waals surface area contributed by atoms with Crippen LogP contribution in [-0.4, -0.2) is 78.3 Å². The molecule has 0 aromatic heterocycles. The van der Waals surface area contributed by atoms with Gasteiger partial charge >= 0.3 is 50.9 Å². The van der Waals surface area contributed by atoms with Crippen molar-refractivity contribution >= 4 is 23.3 Å². The summed E-state index contributed by atoms with van der Waals surface area (Å²) < 4.78 is 0. The first-order valence-electron chi connectivity index (χ1n) is 10.4. The molecule has 12 nitrogen and oxygen atoms in total. The van der Waals surface area contributed by atoms with Gasteiger partial charge in [-0.25, -0.2) is 6.67 Å². The van der Waals surface area contributed by atoms with E-state index in [2.05, 4.69) is 10.6 Å². The number of rotatable bonds is 10. The van der Waals surface area contributed by atoms with Crippen molar-refractivity contribution < 1.29 is 89.4 Å². The first-order valence-corrected chi connectivity index (χ1v) is 10.4. The Bertz CT molecular complexity index is 706. The Labute approximate surface area is 241 Å². The third-order valence-corrected chi connectivity index (χ3v) is 3.25. The van der Waals surface area contributed by atoms with Gasteiger partial charge in [0, 0.05) is 12.8 Å². The van der Waals surface area contributed by atoms with Crippen molar-refractivity contribution in [3.63, 3.8) is 0 Å². The van der Waals surface area contributed by atoms with Crippen LogP contribution in [-0.2, 0) is 48.5 Å². The van der Waals surface area contributed by atoms with Gasteiger partial charge in [-0.3, -0.25) is 9.59 Å². The summed E-state index contributed by atoms with van der Waals surface area (Å²) in [5.74, 6) is -2.03. The van der Waals surface area contributed by atoms with E-state index in [1.807, 2.05) is 60.7 Å². The summed E-state index contributed by atoms with van der Waals surface area (Å²) in [5, 5.41) is 72.1. The molecule has 0 fully saturated rings. The van der Waals surface area contributed by atoms with Crippen molar-refractivity contribution in [1.82, 2.24) is 0 Å².